The van der Waals surface area contributed by atoms with Gasteiger partial charge in [-0.05, 0) is 26.7 Å². The molecule has 4 heteroatoms. The Morgan fingerprint density at radius 2 is 2.00 bits per heavy atom. The maximum Gasteiger partial charge on any atom is 0.239 e. The molecule has 1 atom stereocenters. The van der Waals surface area contributed by atoms with E-state index in [1.165, 1.54) is 0 Å². The predicted octanol–water partition coefficient (Wildman–Crippen LogP) is 0.609. The molecular weight excluding hydrogens is 180 g/mol. The molecule has 0 saturated heterocycles. The van der Waals surface area contributed by atoms with Gasteiger partial charge >= 0.3 is 0 Å². The third kappa shape index (κ3) is 4.58. The Hall–Kier alpha value is -0.610. The second kappa shape index (κ2) is 7.76. The monoisotopic (exact) mass is 202 g/mol. The lowest BCUT2D eigenvalue weighted by Crippen LogP contribution is -2.43. The summed E-state index contributed by atoms with van der Waals surface area (Å²) in [4.78, 5) is 13.4. The maximum atomic E-state index is 11.7. The summed E-state index contributed by atoms with van der Waals surface area (Å²) in [6.07, 6.45) is 1.54. The summed E-state index contributed by atoms with van der Waals surface area (Å²) in [5, 5.41) is 0. The number of nitrogens with zero attached hydrogens (tertiary/aromatic N) is 1. The molecule has 0 aliphatic carbocycles. The van der Waals surface area contributed by atoms with Crippen LogP contribution in [0.1, 0.15) is 26.7 Å². The summed E-state index contributed by atoms with van der Waals surface area (Å²) < 4.78 is 4.90. The van der Waals surface area contributed by atoms with Crippen LogP contribution in [0.15, 0.2) is 0 Å². The van der Waals surface area contributed by atoms with Crippen molar-refractivity contribution in [2.45, 2.75) is 32.7 Å². The Kier molecular flexibility index (Phi) is 7.42. The molecule has 0 aromatic rings. The first-order valence-corrected chi connectivity index (χ1v) is 5.20. The highest BCUT2D eigenvalue weighted by atomic mass is 16.5. The molecule has 0 heterocycles. The van der Waals surface area contributed by atoms with Crippen LogP contribution in [0.25, 0.3) is 0 Å². The molecule has 0 fully saturated rings. The standard InChI is InChI=1S/C10H22N2O2/c1-4-12(5-2)10(13)9(11)7-6-8-14-3/h9H,4-8,11H2,1-3H3. The van der Waals surface area contributed by atoms with Gasteiger partial charge in [0.15, 0.2) is 0 Å². The Labute approximate surface area is 86.4 Å². The maximum absolute atomic E-state index is 11.7. The molecule has 0 saturated carbocycles. The third-order valence-electron chi connectivity index (χ3n) is 2.26. The summed E-state index contributed by atoms with van der Waals surface area (Å²) in [6, 6.07) is -0.370. The molecule has 0 spiro atoms. The predicted molar refractivity (Wildman–Crippen MR) is 57.0 cm³/mol. The summed E-state index contributed by atoms with van der Waals surface area (Å²) in [5.74, 6) is 0.0473. The van der Waals surface area contributed by atoms with Crippen molar-refractivity contribution in [1.29, 1.82) is 0 Å². The van der Waals surface area contributed by atoms with E-state index in [1.807, 2.05) is 13.8 Å². The first-order chi connectivity index (χ1) is 6.67. The van der Waals surface area contributed by atoms with Crippen LogP contribution in [-0.4, -0.2) is 43.7 Å². The second-order valence-corrected chi connectivity index (χ2v) is 3.25. The van der Waals surface area contributed by atoms with Crippen molar-refractivity contribution in [1.82, 2.24) is 4.90 Å². The lowest BCUT2D eigenvalue weighted by Gasteiger charge is -2.22. The second-order valence-electron chi connectivity index (χ2n) is 3.25. The van der Waals surface area contributed by atoms with Crippen LogP contribution in [0.5, 0.6) is 0 Å². The molecule has 1 unspecified atom stereocenters. The topological polar surface area (TPSA) is 55.6 Å². The molecule has 14 heavy (non-hydrogen) atoms. The van der Waals surface area contributed by atoms with E-state index in [4.69, 9.17) is 10.5 Å². The van der Waals surface area contributed by atoms with Gasteiger partial charge in [-0.1, -0.05) is 0 Å². The quantitative estimate of drug-likeness (QED) is 0.615. The smallest absolute Gasteiger partial charge is 0.239 e. The lowest BCUT2D eigenvalue weighted by atomic mass is 10.1. The Balaban J connectivity index is 3.84. The van der Waals surface area contributed by atoms with Crippen molar-refractivity contribution in [3.8, 4) is 0 Å². The third-order valence-corrected chi connectivity index (χ3v) is 2.26. The molecule has 0 radical (unpaired) electrons. The van der Waals surface area contributed by atoms with Crippen LogP contribution >= 0.6 is 0 Å². The zero-order valence-corrected chi connectivity index (χ0v) is 9.45. The fourth-order valence-electron chi connectivity index (χ4n) is 1.34. The number of ether oxygens (including phenoxy) is 1. The van der Waals surface area contributed by atoms with Crippen molar-refractivity contribution in [2.24, 2.45) is 5.73 Å². The van der Waals surface area contributed by atoms with E-state index in [9.17, 15) is 4.79 Å². The zero-order chi connectivity index (χ0) is 11.0. The Morgan fingerprint density at radius 1 is 1.43 bits per heavy atom. The minimum absolute atomic E-state index is 0.0473. The molecule has 0 aliphatic rings. The normalized spacial score (nSPS) is 12.6. The largest absolute Gasteiger partial charge is 0.385 e. The number of hydrogen-bond acceptors (Lipinski definition) is 3. The molecule has 0 aliphatic heterocycles. The van der Waals surface area contributed by atoms with Crippen molar-refractivity contribution < 1.29 is 9.53 Å². The van der Waals surface area contributed by atoms with E-state index in [1.54, 1.807) is 12.0 Å². The molecular formula is C10H22N2O2. The lowest BCUT2D eigenvalue weighted by molar-refractivity contribution is -0.132. The van der Waals surface area contributed by atoms with Gasteiger partial charge in [-0.2, -0.15) is 0 Å². The molecule has 4 nitrogen and oxygen atoms in total. The van der Waals surface area contributed by atoms with Gasteiger partial charge in [0.2, 0.25) is 5.91 Å². The number of carbonyl (C=O) groups is 1. The van der Waals surface area contributed by atoms with E-state index < -0.39 is 0 Å². The highest BCUT2D eigenvalue weighted by Gasteiger charge is 2.17. The molecule has 0 aromatic heterocycles. The summed E-state index contributed by atoms with van der Waals surface area (Å²) in [6.45, 7) is 6.05. The van der Waals surface area contributed by atoms with Gasteiger partial charge in [0.25, 0.3) is 0 Å². The fraction of sp³-hybridized carbons (Fsp3) is 0.900. The van der Waals surface area contributed by atoms with Crippen LogP contribution in [-0.2, 0) is 9.53 Å². The van der Waals surface area contributed by atoms with Crippen molar-refractivity contribution in [3.05, 3.63) is 0 Å². The number of carbonyl (C=O) groups excluding carboxylic acids is 1. The van der Waals surface area contributed by atoms with Crippen LogP contribution in [0.3, 0.4) is 0 Å². The molecule has 2 N–H and O–H groups in total. The van der Waals surface area contributed by atoms with E-state index in [0.29, 0.717) is 13.0 Å². The summed E-state index contributed by atoms with van der Waals surface area (Å²) in [5.41, 5.74) is 5.76. The van der Waals surface area contributed by atoms with Crippen LogP contribution in [0, 0.1) is 0 Å². The highest BCUT2D eigenvalue weighted by molar-refractivity contribution is 5.81. The van der Waals surface area contributed by atoms with Crippen LogP contribution in [0.4, 0.5) is 0 Å². The first-order valence-electron chi connectivity index (χ1n) is 5.20. The van der Waals surface area contributed by atoms with Crippen molar-refractivity contribution in [3.63, 3.8) is 0 Å². The minimum Gasteiger partial charge on any atom is -0.385 e. The Bertz CT molecular complexity index is 158. The molecule has 0 rings (SSSR count). The number of methoxy groups -OCH3 is 1. The average molecular weight is 202 g/mol. The van der Waals surface area contributed by atoms with E-state index in [-0.39, 0.29) is 11.9 Å². The van der Waals surface area contributed by atoms with E-state index in [2.05, 4.69) is 0 Å². The van der Waals surface area contributed by atoms with Gasteiger partial charge in [0, 0.05) is 26.8 Å². The number of nitrogens with two attached hydrogens (primary N) is 1. The number of rotatable bonds is 7. The van der Waals surface area contributed by atoms with Crippen molar-refractivity contribution >= 4 is 5.91 Å². The van der Waals surface area contributed by atoms with Crippen LogP contribution < -0.4 is 5.73 Å². The van der Waals surface area contributed by atoms with Gasteiger partial charge in [0.05, 0.1) is 6.04 Å². The minimum atomic E-state index is -0.370. The average Bonchev–Trinajstić information content (AvgIpc) is 2.19. The molecule has 84 valence electrons. The van der Waals surface area contributed by atoms with Gasteiger partial charge in [-0.25, -0.2) is 0 Å². The van der Waals surface area contributed by atoms with Gasteiger partial charge in [0.1, 0.15) is 0 Å². The number of likely N-dealkylation sites (N-methyl/N-ethyl adjacent to an activating group) is 1. The molecule has 1 amide bonds. The number of hydrogen-bond donors (Lipinski definition) is 1. The fourth-order valence-corrected chi connectivity index (χ4v) is 1.34. The number of amides is 1. The van der Waals surface area contributed by atoms with Gasteiger partial charge < -0.3 is 15.4 Å². The summed E-state index contributed by atoms with van der Waals surface area (Å²) in [7, 11) is 1.65. The molecule has 0 aromatic carbocycles. The van der Waals surface area contributed by atoms with Crippen LogP contribution in [0.2, 0.25) is 0 Å². The van der Waals surface area contributed by atoms with Gasteiger partial charge in [-0.15, -0.1) is 0 Å². The molecule has 0 bridgehead atoms. The van der Waals surface area contributed by atoms with E-state index >= 15 is 0 Å². The summed E-state index contributed by atoms with van der Waals surface area (Å²) >= 11 is 0. The zero-order valence-electron chi connectivity index (χ0n) is 9.45. The highest BCUT2D eigenvalue weighted by Crippen LogP contribution is 2.00. The van der Waals surface area contributed by atoms with E-state index in [0.717, 1.165) is 19.5 Å². The van der Waals surface area contributed by atoms with Gasteiger partial charge in [-0.3, -0.25) is 4.79 Å². The SMILES string of the molecule is CCN(CC)C(=O)C(N)CCCOC. The first kappa shape index (κ1) is 13.4. The Morgan fingerprint density at radius 3 is 2.43 bits per heavy atom. The van der Waals surface area contributed by atoms with Crippen molar-refractivity contribution in [2.75, 3.05) is 26.8 Å².